The van der Waals surface area contributed by atoms with Gasteiger partial charge in [0.2, 0.25) is 0 Å². The van der Waals surface area contributed by atoms with Gasteiger partial charge in [0.25, 0.3) is 0 Å². The number of hydrogen-bond acceptors (Lipinski definition) is 2. The minimum absolute atomic E-state index is 0.513. The summed E-state index contributed by atoms with van der Waals surface area (Å²) in [7, 11) is -0.585. The highest BCUT2D eigenvalue weighted by Crippen LogP contribution is 2.44. The second-order valence-electron chi connectivity index (χ2n) is 8.72. The number of alkyl halides is 3. The molecule has 1 fully saturated rings. The Labute approximate surface area is 169 Å². The lowest BCUT2D eigenvalue weighted by molar-refractivity contribution is -0.137. The van der Waals surface area contributed by atoms with Crippen LogP contribution in [-0.4, -0.2) is 18.3 Å². The van der Waals surface area contributed by atoms with Crippen molar-refractivity contribution in [2.45, 2.75) is 57.9 Å². The van der Waals surface area contributed by atoms with E-state index in [1.807, 2.05) is 52.0 Å². The lowest BCUT2D eigenvalue weighted by atomic mass is 9.66. The summed E-state index contributed by atoms with van der Waals surface area (Å²) >= 11 is 0. The molecule has 0 radical (unpaired) electrons. The number of rotatable bonds is 2. The fraction of sp³-hybridized carbons (Fsp3) is 0.391. The number of hydrogen-bond donors (Lipinski definition) is 0. The second kappa shape index (κ2) is 6.74. The van der Waals surface area contributed by atoms with Crippen molar-refractivity contribution in [1.82, 2.24) is 0 Å². The Bertz CT molecular complexity index is 960. The van der Waals surface area contributed by atoms with Crippen molar-refractivity contribution < 1.29 is 22.5 Å². The zero-order valence-electron chi connectivity index (χ0n) is 17.1. The van der Waals surface area contributed by atoms with Gasteiger partial charge in [0.05, 0.1) is 16.8 Å². The van der Waals surface area contributed by atoms with E-state index in [0.29, 0.717) is 12.0 Å². The summed E-state index contributed by atoms with van der Waals surface area (Å²) in [5, 5.41) is 0. The van der Waals surface area contributed by atoms with Gasteiger partial charge in [-0.3, -0.25) is 0 Å². The average Bonchev–Trinajstić information content (AvgIpc) is 2.87. The first-order chi connectivity index (χ1) is 13.5. The van der Waals surface area contributed by atoms with Crippen LogP contribution in [0.1, 0.15) is 56.4 Å². The average molecular weight is 400 g/mol. The molecular formula is C23H24BF3O2. The number of aryl methyl sites for hydroxylation is 1. The maximum absolute atomic E-state index is 13.4. The molecule has 152 valence electrons. The Morgan fingerprint density at radius 1 is 0.862 bits per heavy atom. The van der Waals surface area contributed by atoms with Crippen molar-refractivity contribution in [3.05, 3.63) is 76.3 Å². The predicted octanol–water partition coefficient (Wildman–Crippen LogP) is 6.08. The topological polar surface area (TPSA) is 18.5 Å². The van der Waals surface area contributed by atoms with Crippen LogP contribution in [0.25, 0.3) is 5.57 Å². The standard InChI is InChI=1S/C23H24BF3O2/c1-21(2)22(3,4)29-24(28-21)19-13-12-15-8-5-6-11-18(15)20(19)16-9-7-10-17(14-16)23(25,26)27/h5-11,14H,12-13H2,1-4H3. The molecule has 1 aliphatic heterocycles. The van der Waals surface area contributed by atoms with E-state index in [-0.39, 0.29) is 0 Å². The predicted molar refractivity (Wildman–Crippen MR) is 108 cm³/mol. The van der Waals surface area contributed by atoms with Gasteiger partial charge in [0.15, 0.2) is 0 Å². The third kappa shape index (κ3) is 3.53. The monoisotopic (exact) mass is 400 g/mol. The number of allylic oxidation sites excluding steroid dienone is 1. The SMILES string of the molecule is CC1(C)OB(C2=C(c3cccc(C(F)(F)F)c3)c3ccccc3CC2)OC1(C)C. The largest absolute Gasteiger partial charge is 0.491 e. The summed E-state index contributed by atoms with van der Waals surface area (Å²) in [4.78, 5) is 0. The third-order valence-corrected chi connectivity index (χ3v) is 6.29. The highest BCUT2D eigenvalue weighted by molar-refractivity contribution is 6.56. The van der Waals surface area contributed by atoms with Crippen molar-refractivity contribution in [3.63, 3.8) is 0 Å². The molecule has 2 aliphatic rings. The second-order valence-corrected chi connectivity index (χ2v) is 8.72. The van der Waals surface area contributed by atoms with Crippen LogP contribution in [0.5, 0.6) is 0 Å². The van der Waals surface area contributed by atoms with Crippen LogP contribution in [0.4, 0.5) is 13.2 Å². The first kappa shape index (κ1) is 20.2. The van der Waals surface area contributed by atoms with Gasteiger partial charge in [-0.1, -0.05) is 36.4 Å². The Morgan fingerprint density at radius 3 is 2.17 bits per heavy atom. The molecule has 1 saturated heterocycles. The van der Waals surface area contributed by atoms with E-state index in [2.05, 4.69) is 0 Å². The first-order valence-electron chi connectivity index (χ1n) is 9.84. The van der Waals surface area contributed by atoms with Gasteiger partial charge in [-0.2, -0.15) is 13.2 Å². The molecule has 6 heteroatoms. The van der Waals surface area contributed by atoms with Crippen molar-refractivity contribution in [1.29, 1.82) is 0 Å². The van der Waals surface area contributed by atoms with E-state index in [4.69, 9.17) is 9.31 Å². The molecule has 0 aromatic heterocycles. The van der Waals surface area contributed by atoms with E-state index in [9.17, 15) is 13.2 Å². The van der Waals surface area contributed by atoms with Gasteiger partial charge < -0.3 is 9.31 Å². The highest BCUT2D eigenvalue weighted by atomic mass is 19.4. The molecule has 0 atom stereocenters. The molecule has 0 N–H and O–H groups in total. The molecule has 29 heavy (non-hydrogen) atoms. The summed E-state index contributed by atoms with van der Waals surface area (Å²) in [5.41, 5.74) is 2.62. The molecule has 0 spiro atoms. The maximum atomic E-state index is 13.4. The van der Waals surface area contributed by atoms with Gasteiger partial charge in [0.1, 0.15) is 0 Å². The lowest BCUT2D eigenvalue weighted by Gasteiger charge is -2.32. The Hall–Kier alpha value is -2.05. The molecule has 1 heterocycles. The quantitative estimate of drug-likeness (QED) is 0.569. The van der Waals surface area contributed by atoms with Crippen LogP contribution in [0.15, 0.2) is 54.0 Å². The molecule has 2 nitrogen and oxygen atoms in total. The van der Waals surface area contributed by atoms with Crippen molar-refractivity contribution in [2.75, 3.05) is 0 Å². The van der Waals surface area contributed by atoms with E-state index in [1.54, 1.807) is 6.07 Å². The van der Waals surface area contributed by atoms with Gasteiger partial charge in [-0.15, -0.1) is 0 Å². The Morgan fingerprint density at radius 2 is 1.52 bits per heavy atom. The van der Waals surface area contributed by atoms with Crippen LogP contribution < -0.4 is 0 Å². The first-order valence-corrected chi connectivity index (χ1v) is 9.84. The Kier molecular flexibility index (Phi) is 4.71. The number of fused-ring (bicyclic) bond motifs is 1. The van der Waals surface area contributed by atoms with Gasteiger partial charge in [-0.25, -0.2) is 0 Å². The summed E-state index contributed by atoms with van der Waals surface area (Å²) in [6, 6.07) is 13.4. The van der Waals surface area contributed by atoms with Crippen LogP contribution in [-0.2, 0) is 21.9 Å². The van der Waals surface area contributed by atoms with E-state index >= 15 is 0 Å². The lowest BCUT2D eigenvalue weighted by Crippen LogP contribution is -2.41. The minimum atomic E-state index is -4.39. The Balaban J connectivity index is 1.90. The summed E-state index contributed by atoms with van der Waals surface area (Å²) < 4.78 is 52.6. The fourth-order valence-corrected chi connectivity index (χ4v) is 3.96. The normalized spacial score (nSPS) is 20.7. The molecule has 0 amide bonds. The molecule has 0 saturated carbocycles. The summed E-state index contributed by atoms with van der Waals surface area (Å²) in [6.07, 6.45) is -2.91. The van der Waals surface area contributed by atoms with Crippen molar-refractivity contribution >= 4 is 12.7 Å². The zero-order valence-corrected chi connectivity index (χ0v) is 17.1. The van der Waals surface area contributed by atoms with E-state index in [0.717, 1.165) is 34.7 Å². The highest BCUT2D eigenvalue weighted by Gasteiger charge is 2.53. The molecular weight excluding hydrogens is 376 g/mol. The molecule has 1 aliphatic carbocycles. The van der Waals surface area contributed by atoms with Crippen LogP contribution >= 0.6 is 0 Å². The maximum Gasteiger partial charge on any atom is 0.491 e. The van der Waals surface area contributed by atoms with Gasteiger partial charge in [0, 0.05) is 0 Å². The minimum Gasteiger partial charge on any atom is -0.400 e. The molecule has 0 unspecified atom stereocenters. The zero-order chi connectivity index (χ0) is 21.0. The number of benzene rings is 2. The van der Waals surface area contributed by atoms with Gasteiger partial charge in [-0.05, 0) is 80.4 Å². The molecule has 4 rings (SSSR count). The fourth-order valence-electron chi connectivity index (χ4n) is 3.96. The van der Waals surface area contributed by atoms with Crippen LogP contribution in [0.3, 0.4) is 0 Å². The van der Waals surface area contributed by atoms with Crippen molar-refractivity contribution in [3.8, 4) is 0 Å². The van der Waals surface area contributed by atoms with Crippen molar-refractivity contribution in [2.24, 2.45) is 0 Å². The smallest absolute Gasteiger partial charge is 0.400 e. The third-order valence-electron chi connectivity index (χ3n) is 6.29. The van der Waals surface area contributed by atoms with E-state index < -0.39 is 30.1 Å². The molecule has 0 bridgehead atoms. The van der Waals surface area contributed by atoms with Crippen LogP contribution in [0.2, 0.25) is 0 Å². The molecule has 2 aromatic carbocycles. The summed E-state index contributed by atoms with van der Waals surface area (Å²) in [5.74, 6) is 0. The van der Waals surface area contributed by atoms with E-state index in [1.165, 1.54) is 12.1 Å². The molecule has 2 aromatic rings. The van der Waals surface area contributed by atoms with Crippen LogP contribution in [0, 0.1) is 0 Å². The summed E-state index contributed by atoms with van der Waals surface area (Å²) in [6.45, 7) is 7.92. The van der Waals surface area contributed by atoms with Gasteiger partial charge >= 0.3 is 13.3 Å². The number of halogens is 3.